The predicted octanol–water partition coefficient (Wildman–Crippen LogP) is 3.32. The average Bonchev–Trinajstić information content (AvgIpc) is 2.30. The molecule has 0 bridgehead atoms. The molecule has 1 rings (SSSR count). The molecule has 0 fully saturated rings. The Bertz CT molecular complexity index is 341. The van der Waals surface area contributed by atoms with Gasteiger partial charge < -0.3 is 5.73 Å². The van der Waals surface area contributed by atoms with Crippen molar-refractivity contribution in [3.63, 3.8) is 0 Å². The minimum atomic E-state index is 0.252. The number of halogens is 1. The smallest absolute Gasteiger partial charge is 0.0468 e. The van der Waals surface area contributed by atoms with Gasteiger partial charge >= 0.3 is 0 Å². The van der Waals surface area contributed by atoms with Crippen molar-refractivity contribution in [2.75, 3.05) is 20.1 Å². The second-order valence-corrected chi connectivity index (χ2v) is 5.20. The van der Waals surface area contributed by atoms with Gasteiger partial charge in [-0.15, -0.1) is 0 Å². The summed E-state index contributed by atoms with van der Waals surface area (Å²) in [6.45, 7) is 6.16. The monoisotopic (exact) mass is 254 g/mol. The van der Waals surface area contributed by atoms with Crippen LogP contribution in [0.3, 0.4) is 0 Å². The Morgan fingerprint density at radius 2 is 2.12 bits per heavy atom. The van der Waals surface area contributed by atoms with Crippen molar-refractivity contribution in [3.05, 3.63) is 34.9 Å². The molecule has 0 saturated heterocycles. The van der Waals surface area contributed by atoms with Gasteiger partial charge in [-0.3, -0.25) is 4.90 Å². The molecule has 1 aromatic rings. The first kappa shape index (κ1) is 14.5. The summed E-state index contributed by atoms with van der Waals surface area (Å²) >= 11 is 6.02. The number of rotatable bonds is 6. The van der Waals surface area contributed by atoms with Crippen molar-refractivity contribution in [1.82, 2.24) is 4.90 Å². The highest BCUT2D eigenvalue weighted by Gasteiger charge is 2.17. The molecule has 2 atom stereocenters. The summed E-state index contributed by atoms with van der Waals surface area (Å²) in [4.78, 5) is 2.32. The molecule has 2 nitrogen and oxygen atoms in total. The van der Waals surface area contributed by atoms with Crippen LogP contribution in [0.15, 0.2) is 24.3 Å². The summed E-state index contributed by atoms with van der Waals surface area (Å²) in [5.74, 6) is 0.688. The normalized spacial score (nSPS) is 14.9. The third-order valence-corrected chi connectivity index (χ3v) is 3.52. The lowest BCUT2D eigenvalue weighted by atomic mass is 10.0. The molecule has 1 aromatic carbocycles. The van der Waals surface area contributed by atoms with Gasteiger partial charge in [0.1, 0.15) is 0 Å². The SMILES string of the molecule is CCC(C)CN(C)C(CN)c1cccc(Cl)c1. The van der Waals surface area contributed by atoms with E-state index in [0.717, 1.165) is 11.6 Å². The van der Waals surface area contributed by atoms with E-state index < -0.39 is 0 Å². The third-order valence-electron chi connectivity index (χ3n) is 3.29. The Morgan fingerprint density at radius 3 is 2.65 bits per heavy atom. The Labute approximate surface area is 110 Å². The van der Waals surface area contributed by atoms with Crippen LogP contribution in [-0.2, 0) is 0 Å². The van der Waals surface area contributed by atoms with Crippen LogP contribution >= 0.6 is 11.6 Å². The molecule has 0 radical (unpaired) electrons. The number of hydrogen-bond donors (Lipinski definition) is 1. The third kappa shape index (κ3) is 4.30. The van der Waals surface area contributed by atoms with Gasteiger partial charge in [-0.2, -0.15) is 0 Å². The summed E-state index contributed by atoms with van der Waals surface area (Å²) in [5.41, 5.74) is 7.09. The van der Waals surface area contributed by atoms with E-state index in [1.807, 2.05) is 18.2 Å². The van der Waals surface area contributed by atoms with Gasteiger partial charge in [0, 0.05) is 24.2 Å². The first-order valence-corrected chi connectivity index (χ1v) is 6.62. The Balaban J connectivity index is 2.77. The molecule has 2 N–H and O–H groups in total. The van der Waals surface area contributed by atoms with Crippen LogP contribution in [0.4, 0.5) is 0 Å². The maximum Gasteiger partial charge on any atom is 0.0468 e. The first-order chi connectivity index (χ1) is 8.08. The Morgan fingerprint density at radius 1 is 1.41 bits per heavy atom. The van der Waals surface area contributed by atoms with Crippen LogP contribution < -0.4 is 5.73 Å². The number of nitrogens with zero attached hydrogens (tertiary/aromatic N) is 1. The number of nitrogens with two attached hydrogens (primary N) is 1. The van der Waals surface area contributed by atoms with Crippen LogP contribution in [0.25, 0.3) is 0 Å². The van der Waals surface area contributed by atoms with E-state index in [1.165, 1.54) is 12.0 Å². The van der Waals surface area contributed by atoms with E-state index in [4.69, 9.17) is 17.3 Å². The molecule has 0 aromatic heterocycles. The topological polar surface area (TPSA) is 29.3 Å². The maximum absolute atomic E-state index is 6.02. The van der Waals surface area contributed by atoms with Crippen molar-refractivity contribution in [1.29, 1.82) is 0 Å². The van der Waals surface area contributed by atoms with Gasteiger partial charge in [-0.1, -0.05) is 44.0 Å². The summed E-state index contributed by atoms with van der Waals surface area (Å²) < 4.78 is 0. The second-order valence-electron chi connectivity index (χ2n) is 4.76. The van der Waals surface area contributed by atoms with Gasteiger partial charge in [0.2, 0.25) is 0 Å². The van der Waals surface area contributed by atoms with Crippen LogP contribution in [0.5, 0.6) is 0 Å². The minimum Gasteiger partial charge on any atom is -0.329 e. The van der Waals surface area contributed by atoms with E-state index in [2.05, 4.69) is 31.9 Å². The second kappa shape index (κ2) is 7.00. The number of benzene rings is 1. The van der Waals surface area contributed by atoms with Crippen LogP contribution in [0.2, 0.25) is 5.02 Å². The molecule has 0 amide bonds. The van der Waals surface area contributed by atoms with Gasteiger partial charge in [-0.05, 0) is 30.7 Å². The molecular weight excluding hydrogens is 232 g/mol. The van der Waals surface area contributed by atoms with E-state index in [-0.39, 0.29) is 6.04 Å². The quantitative estimate of drug-likeness (QED) is 0.844. The highest BCUT2D eigenvalue weighted by molar-refractivity contribution is 6.30. The molecule has 96 valence electrons. The molecule has 0 aliphatic heterocycles. The highest BCUT2D eigenvalue weighted by Crippen LogP contribution is 2.22. The largest absolute Gasteiger partial charge is 0.329 e. The van der Waals surface area contributed by atoms with Gasteiger partial charge in [0.15, 0.2) is 0 Å². The van der Waals surface area contributed by atoms with Crippen molar-refractivity contribution < 1.29 is 0 Å². The molecule has 0 aliphatic carbocycles. The lowest BCUT2D eigenvalue weighted by Crippen LogP contribution is -2.33. The van der Waals surface area contributed by atoms with Gasteiger partial charge in [-0.25, -0.2) is 0 Å². The zero-order chi connectivity index (χ0) is 12.8. The van der Waals surface area contributed by atoms with E-state index in [1.54, 1.807) is 0 Å². The first-order valence-electron chi connectivity index (χ1n) is 6.24. The number of likely N-dealkylation sites (N-methyl/N-ethyl adjacent to an activating group) is 1. The lowest BCUT2D eigenvalue weighted by molar-refractivity contribution is 0.215. The Kier molecular flexibility index (Phi) is 5.96. The van der Waals surface area contributed by atoms with Gasteiger partial charge in [0.25, 0.3) is 0 Å². The van der Waals surface area contributed by atoms with Crippen LogP contribution in [-0.4, -0.2) is 25.0 Å². The van der Waals surface area contributed by atoms with E-state index >= 15 is 0 Å². The summed E-state index contributed by atoms with van der Waals surface area (Å²) in [6, 6.07) is 8.23. The van der Waals surface area contributed by atoms with Crippen LogP contribution in [0.1, 0.15) is 31.9 Å². The minimum absolute atomic E-state index is 0.252. The molecule has 3 heteroatoms. The van der Waals surface area contributed by atoms with E-state index in [0.29, 0.717) is 12.5 Å². The molecule has 2 unspecified atom stereocenters. The average molecular weight is 255 g/mol. The zero-order valence-electron chi connectivity index (χ0n) is 11.0. The molecule has 0 aliphatic rings. The van der Waals surface area contributed by atoms with Crippen molar-refractivity contribution >= 4 is 11.6 Å². The predicted molar refractivity (Wildman–Crippen MR) is 75.3 cm³/mol. The molecule has 17 heavy (non-hydrogen) atoms. The fourth-order valence-corrected chi connectivity index (χ4v) is 2.23. The summed E-state index contributed by atoms with van der Waals surface area (Å²) in [6.07, 6.45) is 1.19. The molecule has 0 saturated carbocycles. The lowest BCUT2D eigenvalue weighted by Gasteiger charge is -2.29. The zero-order valence-corrected chi connectivity index (χ0v) is 11.7. The summed E-state index contributed by atoms with van der Waals surface area (Å²) in [7, 11) is 2.13. The molecule has 0 spiro atoms. The van der Waals surface area contributed by atoms with Crippen molar-refractivity contribution in [2.45, 2.75) is 26.3 Å². The fourth-order valence-electron chi connectivity index (χ4n) is 2.03. The van der Waals surface area contributed by atoms with E-state index in [9.17, 15) is 0 Å². The summed E-state index contributed by atoms with van der Waals surface area (Å²) in [5, 5.41) is 0.776. The van der Waals surface area contributed by atoms with Crippen LogP contribution in [0, 0.1) is 5.92 Å². The molecular formula is C14H23ClN2. The Hall–Kier alpha value is -0.570. The van der Waals surface area contributed by atoms with Crippen molar-refractivity contribution in [2.24, 2.45) is 11.7 Å². The highest BCUT2D eigenvalue weighted by atomic mass is 35.5. The van der Waals surface area contributed by atoms with Gasteiger partial charge in [0.05, 0.1) is 0 Å². The fraction of sp³-hybridized carbons (Fsp3) is 0.571. The standard InChI is InChI=1S/C14H23ClN2/c1-4-11(2)10-17(3)14(9-16)12-6-5-7-13(15)8-12/h5-8,11,14H,4,9-10,16H2,1-3H3. The molecule has 0 heterocycles. The van der Waals surface area contributed by atoms with Crippen molar-refractivity contribution in [3.8, 4) is 0 Å². The number of hydrogen-bond acceptors (Lipinski definition) is 2. The maximum atomic E-state index is 6.02.